The molecule has 0 saturated carbocycles. The molecule has 2 rings (SSSR count). The number of benzene rings is 2. The van der Waals surface area contributed by atoms with Gasteiger partial charge in [0.2, 0.25) is 0 Å². The van der Waals surface area contributed by atoms with E-state index >= 15 is 0 Å². The fourth-order valence-electron chi connectivity index (χ4n) is 2.59. The Hall–Kier alpha value is -1.78. The Balaban J connectivity index is 0.00000338. The molecule has 144 valence electrons. The van der Waals surface area contributed by atoms with E-state index in [1.807, 2.05) is 18.2 Å². The third kappa shape index (κ3) is 7.63. The molecule has 0 amide bonds. The number of nitrogens with one attached hydrogen (secondary N) is 1. The van der Waals surface area contributed by atoms with Crippen molar-refractivity contribution < 1.29 is 13.9 Å². The van der Waals surface area contributed by atoms with Crippen LogP contribution in [-0.2, 0) is 13.2 Å². The van der Waals surface area contributed by atoms with Gasteiger partial charge in [0.05, 0.1) is 7.11 Å². The average Bonchev–Trinajstić information content (AvgIpc) is 2.64. The molecule has 0 aliphatic rings. The van der Waals surface area contributed by atoms with Gasteiger partial charge in [0.25, 0.3) is 0 Å². The second-order valence-electron chi connectivity index (χ2n) is 6.14. The Morgan fingerprint density at radius 2 is 1.65 bits per heavy atom. The van der Waals surface area contributed by atoms with Gasteiger partial charge < -0.3 is 14.8 Å². The van der Waals surface area contributed by atoms with Gasteiger partial charge in [0.1, 0.15) is 12.4 Å². The van der Waals surface area contributed by atoms with Crippen LogP contribution in [0.2, 0.25) is 0 Å². The first-order valence-electron chi connectivity index (χ1n) is 8.97. The number of rotatable bonds is 11. The zero-order chi connectivity index (χ0) is 17.9. The summed E-state index contributed by atoms with van der Waals surface area (Å²) >= 11 is 0. The van der Waals surface area contributed by atoms with Crippen LogP contribution < -0.4 is 14.8 Å². The van der Waals surface area contributed by atoms with Gasteiger partial charge in [-0.15, -0.1) is 12.4 Å². The van der Waals surface area contributed by atoms with Gasteiger partial charge in [-0.3, -0.25) is 0 Å². The zero-order valence-electron chi connectivity index (χ0n) is 15.6. The molecule has 3 nitrogen and oxygen atoms in total. The highest BCUT2D eigenvalue weighted by Crippen LogP contribution is 2.28. The molecule has 0 aliphatic carbocycles. The summed E-state index contributed by atoms with van der Waals surface area (Å²) in [4.78, 5) is 0. The molecule has 0 aliphatic heterocycles. The van der Waals surface area contributed by atoms with Crippen molar-refractivity contribution in [2.75, 3.05) is 13.7 Å². The first kappa shape index (κ1) is 22.3. The van der Waals surface area contributed by atoms with Gasteiger partial charge in [-0.25, -0.2) is 4.39 Å². The number of ether oxygens (including phenoxy) is 2. The second kappa shape index (κ2) is 12.6. The van der Waals surface area contributed by atoms with Crippen LogP contribution in [0.5, 0.6) is 11.5 Å². The van der Waals surface area contributed by atoms with Gasteiger partial charge in [0, 0.05) is 6.54 Å². The fourth-order valence-corrected chi connectivity index (χ4v) is 2.59. The van der Waals surface area contributed by atoms with Crippen molar-refractivity contribution in [2.45, 2.75) is 45.8 Å². The van der Waals surface area contributed by atoms with E-state index in [9.17, 15) is 4.39 Å². The Morgan fingerprint density at radius 3 is 2.35 bits per heavy atom. The third-order valence-corrected chi connectivity index (χ3v) is 4.07. The number of halogens is 2. The molecule has 2 aromatic rings. The van der Waals surface area contributed by atoms with Crippen LogP contribution in [0, 0.1) is 5.82 Å². The summed E-state index contributed by atoms with van der Waals surface area (Å²) in [5.41, 5.74) is 2.09. The standard InChI is InChI=1S/C21H28FNO2.ClH/c1-3-4-5-6-13-23-15-18-9-12-20(21(14-18)24-2)25-16-17-7-10-19(22)11-8-17;/h7-12,14,23H,3-6,13,15-16H2,1-2H3;1H. The van der Waals surface area contributed by atoms with E-state index < -0.39 is 0 Å². The lowest BCUT2D eigenvalue weighted by Gasteiger charge is -2.13. The van der Waals surface area contributed by atoms with E-state index in [1.54, 1.807) is 19.2 Å². The van der Waals surface area contributed by atoms with Gasteiger partial charge >= 0.3 is 0 Å². The highest BCUT2D eigenvalue weighted by Gasteiger charge is 2.06. The maximum atomic E-state index is 12.9. The quantitative estimate of drug-likeness (QED) is 0.521. The summed E-state index contributed by atoms with van der Waals surface area (Å²) in [6.45, 7) is 4.46. The zero-order valence-corrected chi connectivity index (χ0v) is 16.4. The van der Waals surface area contributed by atoms with Crippen molar-refractivity contribution in [2.24, 2.45) is 0 Å². The van der Waals surface area contributed by atoms with Crippen LogP contribution in [0.1, 0.15) is 43.7 Å². The van der Waals surface area contributed by atoms with E-state index in [-0.39, 0.29) is 18.2 Å². The molecule has 2 aromatic carbocycles. The van der Waals surface area contributed by atoms with Crippen LogP contribution in [0.3, 0.4) is 0 Å². The number of hydrogen-bond donors (Lipinski definition) is 1. The first-order valence-corrected chi connectivity index (χ1v) is 8.97. The monoisotopic (exact) mass is 381 g/mol. The summed E-state index contributed by atoms with van der Waals surface area (Å²) in [6.07, 6.45) is 5.05. The minimum absolute atomic E-state index is 0. The van der Waals surface area contributed by atoms with Crippen LogP contribution in [0.15, 0.2) is 42.5 Å². The number of hydrogen-bond acceptors (Lipinski definition) is 3. The van der Waals surface area contributed by atoms with Crippen molar-refractivity contribution in [3.63, 3.8) is 0 Å². The molecule has 0 heterocycles. The van der Waals surface area contributed by atoms with E-state index in [1.165, 1.54) is 43.4 Å². The number of methoxy groups -OCH3 is 1. The molecule has 26 heavy (non-hydrogen) atoms. The predicted molar refractivity (Wildman–Crippen MR) is 107 cm³/mol. The summed E-state index contributed by atoms with van der Waals surface area (Å²) in [7, 11) is 1.64. The fraction of sp³-hybridized carbons (Fsp3) is 0.429. The van der Waals surface area contributed by atoms with Gasteiger partial charge in [-0.1, -0.05) is 44.4 Å². The van der Waals surface area contributed by atoms with Crippen molar-refractivity contribution in [3.8, 4) is 11.5 Å². The van der Waals surface area contributed by atoms with E-state index in [0.717, 1.165) is 18.7 Å². The van der Waals surface area contributed by atoms with Crippen molar-refractivity contribution in [3.05, 3.63) is 59.4 Å². The summed E-state index contributed by atoms with van der Waals surface area (Å²) < 4.78 is 24.2. The molecule has 0 unspecified atom stereocenters. The second-order valence-corrected chi connectivity index (χ2v) is 6.14. The lowest BCUT2D eigenvalue weighted by molar-refractivity contribution is 0.284. The molecule has 0 bridgehead atoms. The predicted octanol–water partition coefficient (Wildman–Crippen LogP) is 5.51. The van der Waals surface area contributed by atoms with Crippen LogP contribution in [0.4, 0.5) is 4.39 Å². The third-order valence-electron chi connectivity index (χ3n) is 4.07. The molecule has 0 fully saturated rings. The minimum atomic E-state index is -0.243. The van der Waals surface area contributed by atoms with Crippen molar-refractivity contribution in [1.29, 1.82) is 0 Å². The Labute approximate surface area is 162 Å². The first-order chi connectivity index (χ1) is 12.2. The Kier molecular flexibility index (Phi) is 10.7. The van der Waals surface area contributed by atoms with Crippen LogP contribution in [0.25, 0.3) is 0 Å². The topological polar surface area (TPSA) is 30.5 Å². The molecule has 0 aromatic heterocycles. The van der Waals surface area contributed by atoms with E-state index in [0.29, 0.717) is 18.1 Å². The summed E-state index contributed by atoms with van der Waals surface area (Å²) in [5, 5.41) is 3.46. The normalized spacial score (nSPS) is 10.3. The molecular formula is C21H29ClFNO2. The molecule has 0 saturated heterocycles. The Morgan fingerprint density at radius 1 is 0.923 bits per heavy atom. The highest BCUT2D eigenvalue weighted by molar-refractivity contribution is 5.85. The molecule has 0 spiro atoms. The largest absolute Gasteiger partial charge is 0.493 e. The maximum Gasteiger partial charge on any atom is 0.161 e. The molecule has 5 heteroatoms. The average molecular weight is 382 g/mol. The van der Waals surface area contributed by atoms with Crippen molar-refractivity contribution in [1.82, 2.24) is 5.32 Å². The molecule has 0 radical (unpaired) electrons. The number of unbranched alkanes of at least 4 members (excludes halogenated alkanes) is 3. The van der Waals surface area contributed by atoms with Gasteiger partial charge in [0.15, 0.2) is 11.5 Å². The summed E-state index contributed by atoms with van der Waals surface area (Å²) in [6, 6.07) is 12.3. The van der Waals surface area contributed by atoms with Gasteiger partial charge in [-0.2, -0.15) is 0 Å². The smallest absolute Gasteiger partial charge is 0.161 e. The lowest BCUT2D eigenvalue weighted by Crippen LogP contribution is -2.14. The maximum absolute atomic E-state index is 12.9. The summed E-state index contributed by atoms with van der Waals surface area (Å²) in [5.74, 6) is 1.17. The minimum Gasteiger partial charge on any atom is -0.493 e. The highest BCUT2D eigenvalue weighted by atomic mass is 35.5. The van der Waals surface area contributed by atoms with E-state index in [4.69, 9.17) is 9.47 Å². The lowest BCUT2D eigenvalue weighted by atomic mass is 10.2. The molecular weight excluding hydrogens is 353 g/mol. The Bertz CT molecular complexity index is 634. The SMILES string of the molecule is CCCCCCNCc1ccc(OCc2ccc(F)cc2)c(OC)c1.Cl. The van der Waals surface area contributed by atoms with Crippen LogP contribution in [-0.4, -0.2) is 13.7 Å². The van der Waals surface area contributed by atoms with Gasteiger partial charge in [-0.05, 0) is 48.4 Å². The molecule has 1 N–H and O–H groups in total. The van der Waals surface area contributed by atoms with E-state index in [2.05, 4.69) is 12.2 Å². The van der Waals surface area contributed by atoms with Crippen molar-refractivity contribution >= 4 is 12.4 Å². The van der Waals surface area contributed by atoms with Crippen LogP contribution >= 0.6 is 12.4 Å². The molecule has 0 atom stereocenters.